The highest BCUT2D eigenvalue weighted by molar-refractivity contribution is 5.95. The summed E-state index contributed by atoms with van der Waals surface area (Å²) in [5.41, 5.74) is -7.36. The Morgan fingerprint density at radius 2 is 1.59 bits per heavy atom. The molecule has 1 aliphatic heterocycles. The van der Waals surface area contributed by atoms with Gasteiger partial charge in [0.25, 0.3) is 0 Å². The van der Waals surface area contributed by atoms with Gasteiger partial charge in [-0.05, 0) is 55.9 Å². The van der Waals surface area contributed by atoms with Gasteiger partial charge in [0.1, 0.15) is 23.9 Å². The summed E-state index contributed by atoms with van der Waals surface area (Å²) >= 11 is 0. The molecule has 0 unspecified atom stereocenters. The fourth-order valence-electron chi connectivity index (χ4n) is 10.4. The van der Waals surface area contributed by atoms with Crippen molar-refractivity contribution in [3.05, 3.63) is 47.0 Å². The van der Waals surface area contributed by atoms with Crippen LogP contribution >= 0.6 is 0 Å². The molecule has 5 aliphatic rings. The van der Waals surface area contributed by atoms with Crippen LogP contribution in [0.2, 0.25) is 0 Å². The van der Waals surface area contributed by atoms with E-state index in [1.54, 1.807) is 39.0 Å². The molecule has 0 radical (unpaired) electrons. The second-order valence-electron chi connectivity index (χ2n) is 16.9. The number of aliphatic hydroxyl groups excluding tert-OH is 2. The first-order valence-electron chi connectivity index (χ1n) is 19.3. The smallest absolute Gasteiger partial charge is 0.338 e. The van der Waals surface area contributed by atoms with Gasteiger partial charge in [-0.25, -0.2) is 9.59 Å². The van der Waals surface area contributed by atoms with E-state index in [0.29, 0.717) is 12.8 Å². The predicted octanol–water partition coefficient (Wildman–Crippen LogP) is 2.26. The number of benzene rings is 1. The van der Waals surface area contributed by atoms with Crippen LogP contribution in [0.5, 0.6) is 0 Å². The Labute approximate surface area is 325 Å². The largest absolute Gasteiger partial charge is 0.456 e. The molecule has 6 rings (SSSR count). The highest BCUT2D eigenvalue weighted by atomic mass is 16.6. The van der Waals surface area contributed by atoms with Crippen LogP contribution in [0, 0.1) is 22.7 Å². The maximum Gasteiger partial charge on any atom is 0.338 e. The minimum absolute atomic E-state index is 0.0362. The van der Waals surface area contributed by atoms with Gasteiger partial charge in [-0.1, -0.05) is 44.9 Å². The average molecular weight is 784 g/mol. The molecular formula is C41H53NO14. The third-order valence-corrected chi connectivity index (χ3v) is 13.3. The number of carbonyl (C=O) groups is 6. The zero-order chi connectivity index (χ0) is 41.1. The lowest BCUT2D eigenvalue weighted by atomic mass is 9.44. The van der Waals surface area contributed by atoms with Crippen molar-refractivity contribution in [1.29, 1.82) is 0 Å². The molecule has 15 nitrogen and oxygen atoms in total. The monoisotopic (exact) mass is 783 g/mol. The van der Waals surface area contributed by atoms with Crippen molar-refractivity contribution in [2.45, 2.75) is 141 Å². The van der Waals surface area contributed by atoms with Crippen molar-refractivity contribution in [1.82, 2.24) is 5.32 Å². The SMILES string of the molecule is CC(=O)N[C@@H](C1CCCC1)[C@@H](O)C(=O)O[C@H]1C[C@@]2(O)[C@@H](OC(=O)c3ccccc3)[C@@H]3[C@]4(OC(C)=O)CO[C@@H]4C[C@H](O)[C@@]3(C)C(=O)[C@H](OC(C)=O)C(=C1C)C2(C)C. The van der Waals surface area contributed by atoms with E-state index in [0.717, 1.165) is 26.7 Å². The van der Waals surface area contributed by atoms with Gasteiger partial charge < -0.3 is 44.3 Å². The van der Waals surface area contributed by atoms with Crippen LogP contribution in [0.15, 0.2) is 41.5 Å². The molecule has 3 saturated carbocycles. The Kier molecular flexibility index (Phi) is 11.1. The van der Waals surface area contributed by atoms with E-state index in [1.165, 1.54) is 26.0 Å². The second kappa shape index (κ2) is 15.0. The highest BCUT2D eigenvalue weighted by Crippen LogP contribution is 2.64. The van der Waals surface area contributed by atoms with Gasteiger partial charge in [0.05, 0.1) is 35.6 Å². The Morgan fingerprint density at radius 1 is 0.946 bits per heavy atom. The molecule has 2 bridgehead atoms. The number of hydrogen-bond acceptors (Lipinski definition) is 14. The summed E-state index contributed by atoms with van der Waals surface area (Å²) < 4.78 is 30.1. The second-order valence-corrected chi connectivity index (χ2v) is 16.9. The first-order valence-corrected chi connectivity index (χ1v) is 19.3. The van der Waals surface area contributed by atoms with Crippen molar-refractivity contribution in [2.75, 3.05) is 6.61 Å². The topological polar surface area (TPSA) is 221 Å². The molecule has 1 aromatic carbocycles. The molecule has 15 heteroatoms. The van der Waals surface area contributed by atoms with E-state index in [9.17, 15) is 39.3 Å². The van der Waals surface area contributed by atoms with Gasteiger partial charge in [-0.3, -0.25) is 19.2 Å². The van der Waals surface area contributed by atoms with Crippen LogP contribution < -0.4 is 5.32 Å². The van der Waals surface area contributed by atoms with E-state index < -0.39 is 113 Å². The molecule has 0 aromatic heterocycles. The Morgan fingerprint density at radius 3 is 2.14 bits per heavy atom. The Bertz CT molecular complexity index is 1800. The number of carbonyl (C=O) groups excluding carboxylic acids is 6. The number of amides is 1. The van der Waals surface area contributed by atoms with E-state index in [2.05, 4.69) is 5.32 Å². The van der Waals surface area contributed by atoms with Gasteiger partial charge in [-0.15, -0.1) is 0 Å². The molecule has 1 saturated heterocycles. The molecule has 0 spiro atoms. The van der Waals surface area contributed by atoms with E-state index >= 15 is 4.79 Å². The standard InChI is InChI=1S/C41H53NO14/c1-20-26(54-37(50)31(47)30(42-21(2)43)24-13-11-12-14-24)18-41(51)35(55-36(49)25-15-9-8-10-16-25)33-39(7,27(46)17-28-40(33,19-52-28)56-23(4)45)34(48)32(53-22(3)44)29(20)38(41,5)6/h8-10,15-16,24,26-28,30-33,35,46-47,51H,11-14,17-19H2,1-7H3,(H,42,43)/t26-,27-,28+,30-,31+,32+,33-,35-,39+,40-,41+/m0/s1. The van der Waals surface area contributed by atoms with Crippen LogP contribution in [0.25, 0.3) is 0 Å². The van der Waals surface area contributed by atoms with Crippen LogP contribution in [0.4, 0.5) is 0 Å². The number of esters is 4. The molecule has 11 atom stereocenters. The summed E-state index contributed by atoms with van der Waals surface area (Å²) in [4.78, 5) is 81.4. The number of nitrogens with one attached hydrogen (secondary N) is 1. The number of rotatable bonds is 9. The Hall–Kier alpha value is -4.18. The van der Waals surface area contributed by atoms with Crippen LogP contribution in [0.1, 0.15) is 97.3 Å². The molecule has 4 aliphatic carbocycles. The fraction of sp³-hybridized carbons (Fsp3) is 0.659. The normalized spacial score (nSPS) is 35.9. The molecule has 56 heavy (non-hydrogen) atoms. The number of ketones is 1. The van der Waals surface area contributed by atoms with Gasteiger partial charge >= 0.3 is 23.9 Å². The minimum atomic E-state index is -2.33. The Balaban J connectivity index is 1.56. The van der Waals surface area contributed by atoms with Crippen molar-refractivity contribution in [3.63, 3.8) is 0 Å². The third-order valence-electron chi connectivity index (χ3n) is 13.3. The lowest BCUT2D eigenvalue weighted by Crippen LogP contribution is -2.82. The minimum Gasteiger partial charge on any atom is -0.456 e. The van der Waals surface area contributed by atoms with Crippen molar-refractivity contribution < 1.29 is 67.8 Å². The summed E-state index contributed by atoms with van der Waals surface area (Å²) in [6.45, 7) is 9.37. The van der Waals surface area contributed by atoms with Crippen molar-refractivity contribution >= 4 is 35.6 Å². The zero-order valence-electron chi connectivity index (χ0n) is 32.9. The lowest BCUT2D eigenvalue weighted by Gasteiger charge is -2.67. The number of ether oxygens (including phenoxy) is 5. The van der Waals surface area contributed by atoms with Gasteiger partial charge in [-0.2, -0.15) is 0 Å². The fourth-order valence-corrected chi connectivity index (χ4v) is 10.4. The summed E-state index contributed by atoms with van der Waals surface area (Å²) in [7, 11) is 0. The van der Waals surface area contributed by atoms with Crippen molar-refractivity contribution in [2.24, 2.45) is 22.7 Å². The van der Waals surface area contributed by atoms with E-state index in [1.807, 2.05) is 0 Å². The lowest BCUT2D eigenvalue weighted by molar-refractivity contribution is -0.346. The number of aliphatic hydroxyl groups is 3. The van der Waals surface area contributed by atoms with E-state index in [-0.39, 0.29) is 35.7 Å². The van der Waals surface area contributed by atoms with Crippen LogP contribution in [0.3, 0.4) is 0 Å². The molecular weight excluding hydrogens is 730 g/mol. The van der Waals surface area contributed by atoms with E-state index in [4.69, 9.17) is 23.7 Å². The van der Waals surface area contributed by atoms with Crippen LogP contribution in [-0.2, 0) is 47.7 Å². The number of hydrogen-bond donors (Lipinski definition) is 4. The zero-order valence-corrected chi connectivity index (χ0v) is 32.9. The maximum absolute atomic E-state index is 15.4. The first-order chi connectivity index (χ1) is 26.2. The molecule has 1 amide bonds. The van der Waals surface area contributed by atoms with Crippen LogP contribution in [-0.4, -0.2) is 111 Å². The number of Topliss-reactive ketones (excluding diaryl/α,β-unsaturated/α-hetero) is 1. The van der Waals surface area contributed by atoms with Gasteiger partial charge in [0.2, 0.25) is 5.91 Å². The molecule has 4 fully saturated rings. The molecule has 1 heterocycles. The highest BCUT2D eigenvalue weighted by Gasteiger charge is 2.78. The van der Waals surface area contributed by atoms with Gasteiger partial charge in [0, 0.05) is 39.0 Å². The quantitative estimate of drug-likeness (QED) is 0.160. The average Bonchev–Trinajstić information content (AvgIpc) is 3.66. The van der Waals surface area contributed by atoms with Gasteiger partial charge in [0.15, 0.2) is 23.6 Å². The molecule has 306 valence electrons. The first kappa shape index (κ1) is 41.5. The van der Waals surface area contributed by atoms with Crippen molar-refractivity contribution in [3.8, 4) is 0 Å². The molecule has 1 aromatic rings. The summed E-state index contributed by atoms with van der Waals surface area (Å²) in [5, 5.41) is 39.7. The predicted molar refractivity (Wildman–Crippen MR) is 194 cm³/mol. The number of fused-ring (bicyclic) bond motifs is 5. The molecule has 4 N–H and O–H groups in total. The third kappa shape index (κ3) is 6.63. The summed E-state index contributed by atoms with van der Waals surface area (Å²) in [6, 6.07) is 6.92. The summed E-state index contributed by atoms with van der Waals surface area (Å²) in [6.07, 6.45) is -6.96. The maximum atomic E-state index is 15.4. The summed E-state index contributed by atoms with van der Waals surface area (Å²) in [5.74, 6) is -6.67.